The van der Waals surface area contributed by atoms with Gasteiger partial charge in [-0.1, -0.05) is 23.2 Å². The van der Waals surface area contributed by atoms with E-state index in [9.17, 15) is 13.0 Å². The molecule has 0 atom stereocenters. The predicted octanol–water partition coefficient (Wildman–Crippen LogP) is 3.85. The fourth-order valence-electron chi connectivity index (χ4n) is 1.75. The number of nitrogens with zero attached hydrogens (tertiary/aromatic N) is 3. The molecule has 0 fully saturated rings. The molecule has 8 nitrogen and oxygen atoms in total. The standard InChI is InChI=1S/C15H8Cl2N4O4S/c16-9-1-4-14(12(17)5-9)25-11-2-3-13(15(6-11)26(22,23)24)21-20-10(7-18)8-19/h1-6,21H,(H,22,23,24). The number of halogens is 2. The number of anilines is 1. The van der Waals surface area contributed by atoms with Crippen molar-refractivity contribution in [1.29, 1.82) is 10.5 Å². The molecule has 2 N–H and O–H groups in total. The molecule has 0 aliphatic carbocycles. The monoisotopic (exact) mass is 410 g/mol. The number of hydrogen-bond donors (Lipinski definition) is 2. The van der Waals surface area contributed by atoms with Crippen LogP contribution in [0.4, 0.5) is 5.69 Å². The van der Waals surface area contributed by atoms with Gasteiger partial charge in [0.25, 0.3) is 10.1 Å². The molecule has 26 heavy (non-hydrogen) atoms. The molecule has 0 aliphatic heterocycles. The van der Waals surface area contributed by atoms with E-state index in [2.05, 4.69) is 10.5 Å². The highest BCUT2D eigenvalue weighted by atomic mass is 35.5. The zero-order valence-electron chi connectivity index (χ0n) is 12.6. The molecule has 0 saturated carbocycles. The normalized spacial score (nSPS) is 10.3. The van der Waals surface area contributed by atoms with Crippen LogP contribution in [0.25, 0.3) is 0 Å². The Morgan fingerprint density at radius 2 is 1.85 bits per heavy atom. The third-order valence-electron chi connectivity index (χ3n) is 2.85. The lowest BCUT2D eigenvalue weighted by molar-refractivity contribution is 0.472. The molecule has 0 radical (unpaired) electrons. The first kappa shape index (κ1) is 19.5. The summed E-state index contributed by atoms with van der Waals surface area (Å²) < 4.78 is 38.1. The van der Waals surface area contributed by atoms with Crippen LogP contribution in [0.3, 0.4) is 0 Å². The minimum absolute atomic E-state index is 0.0529. The predicted molar refractivity (Wildman–Crippen MR) is 95.1 cm³/mol. The summed E-state index contributed by atoms with van der Waals surface area (Å²) in [6.45, 7) is 0. The Morgan fingerprint density at radius 3 is 2.42 bits per heavy atom. The minimum atomic E-state index is -4.66. The van der Waals surface area contributed by atoms with Crippen LogP contribution in [-0.2, 0) is 10.1 Å². The van der Waals surface area contributed by atoms with Crippen molar-refractivity contribution < 1.29 is 17.7 Å². The van der Waals surface area contributed by atoms with Crippen molar-refractivity contribution in [3.63, 3.8) is 0 Å². The number of nitriles is 2. The van der Waals surface area contributed by atoms with E-state index in [0.29, 0.717) is 5.02 Å². The fraction of sp³-hybridized carbons (Fsp3) is 0. The summed E-state index contributed by atoms with van der Waals surface area (Å²) in [7, 11) is -4.66. The molecule has 2 aromatic rings. The van der Waals surface area contributed by atoms with E-state index in [-0.39, 0.29) is 22.2 Å². The van der Waals surface area contributed by atoms with Crippen LogP contribution in [0, 0.1) is 22.7 Å². The number of nitrogens with one attached hydrogen (secondary N) is 1. The molecule has 0 unspecified atom stereocenters. The lowest BCUT2D eigenvalue weighted by Crippen LogP contribution is -2.05. The SMILES string of the molecule is N#CC(C#N)=NNc1ccc(Oc2ccc(Cl)cc2Cl)cc1S(=O)(=O)O. The van der Waals surface area contributed by atoms with Gasteiger partial charge in [0.15, 0.2) is 0 Å². The van der Waals surface area contributed by atoms with Crippen LogP contribution in [0.5, 0.6) is 11.5 Å². The van der Waals surface area contributed by atoms with Crippen LogP contribution >= 0.6 is 23.2 Å². The second kappa shape index (κ2) is 8.04. The number of benzene rings is 2. The Balaban J connectivity index is 2.42. The largest absolute Gasteiger partial charge is 0.456 e. The highest BCUT2D eigenvalue weighted by Gasteiger charge is 2.18. The highest BCUT2D eigenvalue weighted by Crippen LogP contribution is 2.34. The van der Waals surface area contributed by atoms with E-state index >= 15 is 0 Å². The van der Waals surface area contributed by atoms with Gasteiger partial charge in [-0.3, -0.25) is 9.98 Å². The molecule has 2 rings (SSSR count). The maximum Gasteiger partial charge on any atom is 0.296 e. The van der Waals surface area contributed by atoms with E-state index in [0.717, 1.165) is 6.07 Å². The van der Waals surface area contributed by atoms with Crippen molar-refractivity contribution in [2.75, 3.05) is 5.43 Å². The Bertz CT molecular complexity index is 1060. The number of ether oxygens (including phenoxy) is 1. The Morgan fingerprint density at radius 1 is 1.15 bits per heavy atom. The van der Waals surface area contributed by atoms with E-state index in [4.69, 9.17) is 38.5 Å². The van der Waals surface area contributed by atoms with Crippen molar-refractivity contribution in [2.45, 2.75) is 4.90 Å². The molecule has 0 aliphatic rings. The zero-order valence-corrected chi connectivity index (χ0v) is 15.0. The smallest absolute Gasteiger partial charge is 0.296 e. The average molecular weight is 411 g/mol. The van der Waals surface area contributed by atoms with Gasteiger partial charge in [-0.2, -0.15) is 24.0 Å². The number of rotatable bonds is 5. The topological polar surface area (TPSA) is 136 Å². The summed E-state index contributed by atoms with van der Waals surface area (Å²) >= 11 is 11.8. The van der Waals surface area contributed by atoms with E-state index in [1.54, 1.807) is 0 Å². The molecular formula is C15H8Cl2N4O4S. The van der Waals surface area contributed by atoms with Crippen LogP contribution in [0.15, 0.2) is 46.4 Å². The molecule has 0 bridgehead atoms. The molecule has 132 valence electrons. The summed E-state index contributed by atoms with van der Waals surface area (Å²) in [5.74, 6) is 0.268. The van der Waals surface area contributed by atoms with Gasteiger partial charge in [0.1, 0.15) is 28.5 Å². The number of hydrazone groups is 1. The third-order valence-corrected chi connectivity index (χ3v) is 4.28. The Kier molecular flexibility index (Phi) is 6.03. The maximum absolute atomic E-state index is 11.6. The van der Waals surface area contributed by atoms with Crippen molar-refractivity contribution in [1.82, 2.24) is 0 Å². The summed E-state index contributed by atoms with van der Waals surface area (Å²) in [6, 6.07) is 11.1. The van der Waals surface area contributed by atoms with Gasteiger partial charge < -0.3 is 4.74 Å². The molecule has 11 heteroatoms. The fourth-order valence-corrected chi connectivity index (χ4v) is 2.85. The van der Waals surface area contributed by atoms with Gasteiger partial charge in [-0.15, -0.1) is 0 Å². The molecule has 0 amide bonds. The molecule has 0 aromatic heterocycles. The van der Waals surface area contributed by atoms with Gasteiger partial charge in [0.05, 0.1) is 10.7 Å². The number of hydrogen-bond acceptors (Lipinski definition) is 7. The maximum atomic E-state index is 11.6. The summed E-state index contributed by atoms with van der Waals surface area (Å²) in [6.07, 6.45) is 0. The lowest BCUT2D eigenvalue weighted by atomic mass is 10.3. The molecule has 0 saturated heterocycles. The first-order valence-electron chi connectivity index (χ1n) is 6.63. The second-order valence-corrected chi connectivity index (χ2v) is 6.84. The molecular weight excluding hydrogens is 403 g/mol. The van der Waals surface area contributed by atoms with Crippen molar-refractivity contribution >= 4 is 44.7 Å². The minimum Gasteiger partial charge on any atom is -0.456 e. The first-order chi connectivity index (χ1) is 12.2. The Hall–Kier alpha value is -2.82. The van der Waals surface area contributed by atoms with E-state index in [1.807, 2.05) is 0 Å². The molecule has 0 heterocycles. The van der Waals surface area contributed by atoms with E-state index in [1.165, 1.54) is 42.5 Å². The van der Waals surface area contributed by atoms with Crippen LogP contribution in [-0.4, -0.2) is 18.7 Å². The molecule has 0 spiro atoms. The summed E-state index contributed by atoms with van der Waals surface area (Å²) in [4.78, 5) is -0.570. The zero-order chi connectivity index (χ0) is 19.3. The second-order valence-electron chi connectivity index (χ2n) is 4.61. The van der Waals surface area contributed by atoms with E-state index < -0.39 is 20.7 Å². The van der Waals surface area contributed by atoms with Crippen LogP contribution < -0.4 is 10.2 Å². The van der Waals surface area contributed by atoms with Gasteiger partial charge >= 0.3 is 0 Å². The van der Waals surface area contributed by atoms with Crippen molar-refractivity contribution in [3.8, 4) is 23.6 Å². The van der Waals surface area contributed by atoms with Gasteiger partial charge in [-0.25, -0.2) is 0 Å². The quantitative estimate of drug-likeness (QED) is 0.433. The van der Waals surface area contributed by atoms with Gasteiger partial charge in [0.2, 0.25) is 5.71 Å². The lowest BCUT2D eigenvalue weighted by Gasteiger charge is -2.11. The average Bonchev–Trinajstić information content (AvgIpc) is 2.58. The van der Waals surface area contributed by atoms with Crippen molar-refractivity contribution in [2.24, 2.45) is 5.10 Å². The summed E-state index contributed by atoms with van der Waals surface area (Å²) in [5, 5.41) is 21.3. The van der Waals surface area contributed by atoms with Crippen molar-refractivity contribution in [3.05, 3.63) is 46.4 Å². The van der Waals surface area contributed by atoms with Gasteiger partial charge in [-0.05, 0) is 30.3 Å². The van der Waals surface area contributed by atoms with Gasteiger partial charge in [0, 0.05) is 11.1 Å². The van der Waals surface area contributed by atoms with Crippen LogP contribution in [0.2, 0.25) is 10.0 Å². The summed E-state index contributed by atoms with van der Waals surface area (Å²) in [5.41, 5.74) is 1.55. The first-order valence-corrected chi connectivity index (χ1v) is 8.82. The third kappa shape index (κ3) is 4.85. The Labute approximate surface area is 158 Å². The molecule has 2 aromatic carbocycles. The highest BCUT2D eigenvalue weighted by molar-refractivity contribution is 7.86. The van der Waals surface area contributed by atoms with Crippen LogP contribution in [0.1, 0.15) is 0 Å².